The summed E-state index contributed by atoms with van der Waals surface area (Å²) in [5.41, 5.74) is 2.53. The Bertz CT molecular complexity index is 1030. The standard InChI is InChI=1S/C22H26N4O2/c1-16-10-11-25(21(28)12-16)15-20(27)23-19-13-18(22(2,3)4)24-26(19)14-17-8-6-5-7-9-17/h5-13H,14-15H2,1-4H3,(H,23,27). The molecule has 0 spiro atoms. The summed E-state index contributed by atoms with van der Waals surface area (Å²) in [6, 6.07) is 15.2. The minimum absolute atomic E-state index is 0.0412. The van der Waals surface area contributed by atoms with Gasteiger partial charge in [-0.05, 0) is 24.1 Å². The Labute approximate surface area is 164 Å². The van der Waals surface area contributed by atoms with E-state index in [1.807, 2.05) is 49.4 Å². The Hall–Kier alpha value is -3.15. The molecule has 28 heavy (non-hydrogen) atoms. The maximum absolute atomic E-state index is 12.6. The number of hydrogen-bond acceptors (Lipinski definition) is 3. The molecule has 0 atom stereocenters. The van der Waals surface area contributed by atoms with E-state index in [9.17, 15) is 9.59 Å². The molecular weight excluding hydrogens is 352 g/mol. The molecule has 3 rings (SSSR count). The average molecular weight is 378 g/mol. The number of pyridine rings is 1. The van der Waals surface area contributed by atoms with Crippen LogP contribution in [0.3, 0.4) is 0 Å². The minimum atomic E-state index is -0.263. The van der Waals surface area contributed by atoms with Crippen molar-refractivity contribution in [3.63, 3.8) is 0 Å². The quantitative estimate of drug-likeness (QED) is 0.740. The van der Waals surface area contributed by atoms with Gasteiger partial charge in [0.25, 0.3) is 5.56 Å². The van der Waals surface area contributed by atoms with Crippen LogP contribution in [-0.4, -0.2) is 20.3 Å². The van der Waals surface area contributed by atoms with Gasteiger partial charge in [-0.3, -0.25) is 9.59 Å². The highest BCUT2D eigenvalue weighted by Crippen LogP contribution is 2.24. The molecule has 0 aliphatic heterocycles. The van der Waals surface area contributed by atoms with Gasteiger partial charge in [0.1, 0.15) is 12.4 Å². The summed E-state index contributed by atoms with van der Waals surface area (Å²) in [6.45, 7) is 8.61. The molecule has 6 nitrogen and oxygen atoms in total. The molecule has 0 saturated carbocycles. The molecular formula is C22H26N4O2. The molecule has 1 aromatic carbocycles. The number of nitrogens with zero attached hydrogens (tertiary/aromatic N) is 3. The number of aryl methyl sites for hydroxylation is 1. The highest BCUT2D eigenvalue weighted by atomic mass is 16.2. The largest absolute Gasteiger partial charge is 0.309 e. The Morgan fingerprint density at radius 2 is 1.82 bits per heavy atom. The van der Waals surface area contributed by atoms with Crippen molar-refractivity contribution < 1.29 is 4.79 Å². The predicted octanol–water partition coefficient (Wildman–Crippen LogP) is 3.34. The fourth-order valence-corrected chi connectivity index (χ4v) is 2.84. The van der Waals surface area contributed by atoms with Gasteiger partial charge < -0.3 is 9.88 Å². The van der Waals surface area contributed by atoms with Crippen LogP contribution in [0.2, 0.25) is 0 Å². The molecule has 2 aromatic heterocycles. The van der Waals surface area contributed by atoms with Gasteiger partial charge in [0.2, 0.25) is 5.91 Å². The highest BCUT2D eigenvalue weighted by molar-refractivity contribution is 5.89. The third kappa shape index (κ3) is 4.76. The molecule has 1 N–H and O–H groups in total. The van der Waals surface area contributed by atoms with Gasteiger partial charge >= 0.3 is 0 Å². The lowest BCUT2D eigenvalue weighted by Crippen LogP contribution is -2.27. The minimum Gasteiger partial charge on any atom is -0.309 e. The number of rotatable bonds is 5. The van der Waals surface area contributed by atoms with E-state index >= 15 is 0 Å². The lowest BCUT2D eigenvalue weighted by Gasteiger charge is -2.14. The van der Waals surface area contributed by atoms with Gasteiger partial charge in [-0.1, -0.05) is 51.1 Å². The van der Waals surface area contributed by atoms with Gasteiger partial charge in [-0.15, -0.1) is 0 Å². The van der Waals surface area contributed by atoms with E-state index in [4.69, 9.17) is 5.10 Å². The molecule has 0 radical (unpaired) electrons. The van der Waals surface area contributed by atoms with E-state index in [0.717, 1.165) is 16.8 Å². The smallest absolute Gasteiger partial charge is 0.251 e. The number of hydrogen-bond donors (Lipinski definition) is 1. The van der Waals surface area contributed by atoms with Crippen LogP contribution in [0.25, 0.3) is 0 Å². The third-order valence-electron chi connectivity index (χ3n) is 4.46. The van der Waals surface area contributed by atoms with E-state index < -0.39 is 0 Å². The summed E-state index contributed by atoms with van der Waals surface area (Å²) in [7, 11) is 0. The van der Waals surface area contributed by atoms with Crippen LogP contribution in [0.4, 0.5) is 5.82 Å². The number of benzene rings is 1. The summed E-state index contributed by atoms with van der Waals surface area (Å²) in [5, 5.41) is 7.61. The maximum Gasteiger partial charge on any atom is 0.251 e. The zero-order valence-corrected chi connectivity index (χ0v) is 16.8. The molecule has 0 aliphatic carbocycles. The SMILES string of the molecule is Cc1ccn(CC(=O)Nc2cc(C(C)(C)C)nn2Cc2ccccc2)c(=O)c1. The molecule has 0 aliphatic rings. The molecule has 2 heterocycles. The lowest BCUT2D eigenvalue weighted by atomic mass is 9.92. The Morgan fingerprint density at radius 1 is 1.11 bits per heavy atom. The third-order valence-corrected chi connectivity index (χ3v) is 4.46. The van der Waals surface area contributed by atoms with Gasteiger partial charge in [0.05, 0.1) is 12.2 Å². The summed E-state index contributed by atoms with van der Waals surface area (Å²) in [4.78, 5) is 24.6. The van der Waals surface area contributed by atoms with Crippen molar-refractivity contribution in [2.75, 3.05) is 5.32 Å². The highest BCUT2D eigenvalue weighted by Gasteiger charge is 2.21. The van der Waals surface area contributed by atoms with Crippen molar-refractivity contribution in [3.8, 4) is 0 Å². The van der Waals surface area contributed by atoms with Gasteiger partial charge in [0.15, 0.2) is 0 Å². The number of nitrogens with one attached hydrogen (secondary N) is 1. The van der Waals surface area contributed by atoms with Crippen molar-refractivity contribution in [3.05, 3.63) is 81.9 Å². The summed E-state index contributed by atoms with van der Waals surface area (Å²) < 4.78 is 3.19. The van der Waals surface area contributed by atoms with E-state index in [1.54, 1.807) is 10.9 Å². The fraction of sp³-hybridized carbons (Fsp3) is 0.318. The Morgan fingerprint density at radius 3 is 2.46 bits per heavy atom. The normalized spacial score (nSPS) is 11.4. The molecule has 0 unspecified atom stereocenters. The van der Waals surface area contributed by atoms with Crippen molar-refractivity contribution in [1.29, 1.82) is 0 Å². The van der Waals surface area contributed by atoms with Gasteiger partial charge in [-0.2, -0.15) is 5.10 Å². The Balaban J connectivity index is 1.84. The second kappa shape index (κ2) is 7.84. The number of anilines is 1. The zero-order chi connectivity index (χ0) is 20.3. The van der Waals surface area contributed by atoms with Gasteiger partial charge in [0, 0.05) is 23.7 Å². The second-order valence-electron chi connectivity index (χ2n) is 8.03. The lowest BCUT2D eigenvalue weighted by molar-refractivity contribution is -0.116. The molecule has 0 fully saturated rings. The van der Waals surface area contributed by atoms with Crippen molar-refractivity contribution in [2.45, 2.75) is 46.2 Å². The topological polar surface area (TPSA) is 68.9 Å². The molecule has 3 aromatic rings. The van der Waals surface area contributed by atoms with Crippen LogP contribution in [0.5, 0.6) is 0 Å². The maximum atomic E-state index is 12.6. The number of carbonyl (C=O) groups excluding carboxylic acids is 1. The first-order valence-electron chi connectivity index (χ1n) is 9.31. The van der Waals surface area contributed by atoms with E-state index in [-0.39, 0.29) is 23.4 Å². The van der Waals surface area contributed by atoms with Crippen LogP contribution >= 0.6 is 0 Å². The first-order chi connectivity index (χ1) is 13.2. The average Bonchev–Trinajstić information content (AvgIpc) is 3.01. The number of aromatic nitrogens is 3. The van der Waals surface area contributed by atoms with Crippen LogP contribution in [-0.2, 0) is 23.3 Å². The molecule has 1 amide bonds. The fourth-order valence-electron chi connectivity index (χ4n) is 2.84. The first-order valence-corrected chi connectivity index (χ1v) is 9.31. The van der Waals surface area contributed by atoms with Crippen LogP contribution < -0.4 is 10.9 Å². The summed E-state index contributed by atoms with van der Waals surface area (Å²) in [6.07, 6.45) is 1.64. The molecule has 6 heteroatoms. The van der Waals surface area contributed by atoms with Crippen molar-refractivity contribution in [2.24, 2.45) is 0 Å². The van der Waals surface area contributed by atoms with E-state index in [2.05, 4.69) is 26.1 Å². The molecule has 146 valence electrons. The number of carbonyl (C=O) groups is 1. The summed E-state index contributed by atoms with van der Waals surface area (Å²) >= 11 is 0. The predicted molar refractivity (Wildman–Crippen MR) is 111 cm³/mol. The van der Waals surface area contributed by atoms with E-state index in [0.29, 0.717) is 12.4 Å². The van der Waals surface area contributed by atoms with Crippen LogP contribution in [0, 0.1) is 6.92 Å². The zero-order valence-electron chi connectivity index (χ0n) is 16.8. The van der Waals surface area contributed by atoms with E-state index in [1.165, 1.54) is 10.6 Å². The number of amides is 1. The summed E-state index contributed by atoms with van der Waals surface area (Å²) in [5.74, 6) is 0.361. The van der Waals surface area contributed by atoms with Crippen LogP contribution in [0.15, 0.2) is 59.5 Å². The monoisotopic (exact) mass is 378 g/mol. The second-order valence-corrected chi connectivity index (χ2v) is 8.03. The molecule has 0 saturated heterocycles. The Kier molecular flexibility index (Phi) is 5.49. The van der Waals surface area contributed by atoms with Crippen LogP contribution in [0.1, 0.15) is 37.6 Å². The first kappa shape index (κ1) is 19.6. The molecule has 0 bridgehead atoms. The van der Waals surface area contributed by atoms with Crippen molar-refractivity contribution in [1.82, 2.24) is 14.3 Å². The van der Waals surface area contributed by atoms with Crippen molar-refractivity contribution >= 4 is 11.7 Å². The van der Waals surface area contributed by atoms with Gasteiger partial charge in [-0.25, -0.2) is 4.68 Å².